The van der Waals surface area contributed by atoms with Gasteiger partial charge in [-0.05, 0) is 82.0 Å². The van der Waals surface area contributed by atoms with Gasteiger partial charge in [0.1, 0.15) is 0 Å². The Hall–Kier alpha value is -1.66. The average molecular weight is 378 g/mol. The number of aryl methyl sites for hydroxylation is 1. The Kier molecular flexibility index (Phi) is 8.32. The van der Waals surface area contributed by atoms with E-state index >= 15 is 0 Å². The van der Waals surface area contributed by atoms with Crippen molar-refractivity contribution in [1.82, 2.24) is 10.2 Å². The van der Waals surface area contributed by atoms with Crippen molar-refractivity contribution in [2.45, 2.75) is 40.0 Å². The summed E-state index contributed by atoms with van der Waals surface area (Å²) in [6.45, 7) is 10.9. The zero-order valence-electron chi connectivity index (χ0n) is 16.1. The van der Waals surface area contributed by atoms with Gasteiger partial charge in [-0.3, -0.25) is 0 Å². The maximum Gasteiger partial charge on any atom is 0.338 e. The first-order valence-electron chi connectivity index (χ1n) is 9.54. The Morgan fingerprint density at radius 1 is 1.42 bits per heavy atom. The van der Waals surface area contributed by atoms with Crippen LogP contribution in [0.4, 0.5) is 5.69 Å². The van der Waals surface area contributed by atoms with E-state index in [1.165, 1.54) is 25.9 Å². The summed E-state index contributed by atoms with van der Waals surface area (Å²) in [5, 5.41) is 7.04. The van der Waals surface area contributed by atoms with Crippen molar-refractivity contribution in [2.24, 2.45) is 5.92 Å². The number of nitrogens with one attached hydrogen (secondary N) is 2. The van der Waals surface area contributed by atoms with Crippen molar-refractivity contribution >= 4 is 29.0 Å². The fraction of sp³-hybridized carbons (Fsp3) is 0.600. The second-order valence-electron chi connectivity index (χ2n) is 7.03. The van der Waals surface area contributed by atoms with E-state index in [-0.39, 0.29) is 5.97 Å². The monoisotopic (exact) mass is 377 g/mol. The number of piperidine rings is 1. The molecule has 0 bridgehead atoms. The van der Waals surface area contributed by atoms with E-state index in [0.29, 0.717) is 17.3 Å². The summed E-state index contributed by atoms with van der Waals surface area (Å²) in [4.78, 5) is 14.4. The lowest BCUT2D eigenvalue weighted by Crippen LogP contribution is -2.37. The maximum atomic E-state index is 11.9. The van der Waals surface area contributed by atoms with Crippen LogP contribution in [0.15, 0.2) is 18.2 Å². The second-order valence-corrected chi connectivity index (χ2v) is 7.44. The van der Waals surface area contributed by atoms with E-state index in [1.54, 1.807) is 19.1 Å². The molecule has 1 fully saturated rings. The summed E-state index contributed by atoms with van der Waals surface area (Å²) < 4.78 is 5.05. The predicted octanol–water partition coefficient (Wildman–Crippen LogP) is 3.58. The van der Waals surface area contributed by atoms with Crippen LogP contribution in [0.5, 0.6) is 0 Å². The molecule has 0 aromatic heterocycles. The Balaban J connectivity index is 1.76. The Labute approximate surface area is 162 Å². The van der Waals surface area contributed by atoms with E-state index in [9.17, 15) is 4.79 Å². The number of anilines is 1. The van der Waals surface area contributed by atoms with Crippen molar-refractivity contribution in [1.29, 1.82) is 0 Å². The zero-order chi connectivity index (χ0) is 18.9. The second kappa shape index (κ2) is 10.5. The molecule has 1 saturated heterocycles. The summed E-state index contributed by atoms with van der Waals surface area (Å²) in [5.74, 6) is 0.499. The smallest absolute Gasteiger partial charge is 0.338 e. The average Bonchev–Trinajstić information content (AvgIpc) is 2.61. The summed E-state index contributed by atoms with van der Waals surface area (Å²) in [6, 6.07) is 5.46. The number of ether oxygens (including phenoxy) is 1. The lowest BCUT2D eigenvalue weighted by molar-refractivity contribution is 0.0526. The van der Waals surface area contributed by atoms with Crippen LogP contribution in [0.2, 0.25) is 0 Å². The van der Waals surface area contributed by atoms with Gasteiger partial charge in [0.05, 0.1) is 12.2 Å². The molecule has 2 rings (SSSR count). The Morgan fingerprint density at radius 2 is 2.23 bits per heavy atom. The van der Waals surface area contributed by atoms with Crippen molar-refractivity contribution in [3.63, 3.8) is 0 Å². The van der Waals surface area contributed by atoms with Crippen molar-refractivity contribution in [3.8, 4) is 0 Å². The van der Waals surface area contributed by atoms with Gasteiger partial charge in [0.2, 0.25) is 0 Å². The number of rotatable bonds is 7. The number of esters is 1. The molecule has 2 N–H and O–H groups in total. The number of hydrogen-bond donors (Lipinski definition) is 2. The van der Waals surface area contributed by atoms with Gasteiger partial charge in [0.15, 0.2) is 5.11 Å². The number of carbonyl (C=O) groups is 1. The molecule has 6 heteroatoms. The van der Waals surface area contributed by atoms with Crippen LogP contribution in [0, 0.1) is 12.8 Å². The summed E-state index contributed by atoms with van der Waals surface area (Å²) in [7, 11) is 0. The van der Waals surface area contributed by atoms with Gasteiger partial charge in [-0.1, -0.05) is 13.0 Å². The molecule has 1 aromatic carbocycles. The van der Waals surface area contributed by atoms with Gasteiger partial charge < -0.3 is 20.3 Å². The first kappa shape index (κ1) is 20.6. The van der Waals surface area contributed by atoms with Gasteiger partial charge in [0, 0.05) is 18.8 Å². The van der Waals surface area contributed by atoms with Gasteiger partial charge in [-0.15, -0.1) is 0 Å². The molecule has 1 aliphatic heterocycles. The largest absolute Gasteiger partial charge is 0.462 e. The van der Waals surface area contributed by atoms with Crippen LogP contribution in [0.25, 0.3) is 0 Å². The highest BCUT2D eigenvalue weighted by Gasteiger charge is 2.15. The van der Waals surface area contributed by atoms with E-state index in [0.717, 1.165) is 36.7 Å². The number of carbonyl (C=O) groups excluding carboxylic acids is 1. The molecule has 5 nitrogen and oxygen atoms in total. The summed E-state index contributed by atoms with van der Waals surface area (Å²) in [6.07, 6.45) is 3.73. The number of hydrogen-bond acceptors (Lipinski definition) is 4. The highest BCUT2D eigenvalue weighted by atomic mass is 32.1. The number of likely N-dealkylation sites (tertiary alicyclic amines) is 1. The van der Waals surface area contributed by atoms with Crippen LogP contribution in [0.3, 0.4) is 0 Å². The summed E-state index contributed by atoms with van der Waals surface area (Å²) >= 11 is 5.39. The van der Waals surface area contributed by atoms with Crippen LogP contribution < -0.4 is 10.6 Å². The number of benzene rings is 1. The van der Waals surface area contributed by atoms with E-state index in [1.807, 2.05) is 13.0 Å². The van der Waals surface area contributed by atoms with Gasteiger partial charge in [0.25, 0.3) is 0 Å². The van der Waals surface area contributed by atoms with Gasteiger partial charge in [-0.25, -0.2) is 4.79 Å². The molecule has 0 radical (unpaired) electrons. The molecule has 0 amide bonds. The predicted molar refractivity (Wildman–Crippen MR) is 111 cm³/mol. The van der Waals surface area contributed by atoms with Crippen molar-refractivity contribution in [2.75, 3.05) is 38.1 Å². The quantitative estimate of drug-likeness (QED) is 0.430. The fourth-order valence-corrected chi connectivity index (χ4v) is 3.47. The third-order valence-electron chi connectivity index (χ3n) is 4.67. The molecule has 0 saturated carbocycles. The van der Waals surface area contributed by atoms with Crippen LogP contribution >= 0.6 is 12.2 Å². The summed E-state index contributed by atoms with van der Waals surface area (Å²) in [5.41, 5.74) is 2.39. The highest BCUT2D eigenvalue weighted by Crippen LogP contribution is 2.18. The third-order valence-corrected chi connectivity index (χ3v) is 4.92. The van der Waals surface area contributed by atoms with E-state index in [4.69, 9.17) is 17.0 Å². The first-order valence-corrected chi connectivity index (χ1v) is 9.95. The molecule has 1 aliphatic rings. The molecular weight excluding hydrogens is 346 g/mol. The topological polar surface area (TPSA) is 53.6 Å². The zero-order valence-corrected chi connectivity index (χ0v) is 17.0. The minimum atomic E-state index is -0.315. The van der Waals surface area contributed by atoms with Gasteiger partial charge >= 0.3 is 5.97 Å². The molecule has 0 spiro atoms. The molecular formula is C20H31N3O2S. The molecule has 1 heterocycles. The van der Waals surface area contributed by atoms with Crippen LogP contribution in [0.1, 0.15) is 49.0 Å². The molecule has 1 aromatic rings. The normalized spacial score (nSPS) is 17.6. The standard InChI is InChI=1S/C20H31N3O2S/c1-4-25-19(24)17-9-8-16(3)18(13-17)22-20(26)21-10-6-12-23-11-5-7-15(2)14-23/h8-9,13,15H,4-7,10-12,14H2,1-3H3,(H2,21,22,26)/t15-/m1/s1. The SMILES string of the molecule is CCOC(=O)c1ccc(C)c(NC(=S)NCCCN2CCC[C@@H](C)C2)c1. The molecule has 144 valence electrons. The minimum Gasteiger partial charge on any atom is -0.462 e. The van der Waals surface area contributed by atoms with Crippen LogP contribution in [-0.4, -0.2) is 48.8 Å². The number of thiocarbonyl (C=S) groups is 1. The Bertz CT molecular complexity index is 621. The molecule has 1 atom stereocenters. The van der Waals surface area contributed by atoms with Crippen LogP contribution in [-0.2, 0) is 4.74 Å². The fourth-order valence-electron chi connectivity index (χ4n) is 3.26. The highest BCUT2D eigenvalue weighted by molar-refractivity contribution is 7.80. The lowest BCUT2D eigenvalue weighted by Gasteiger charge is -2.30. The van der Waals surface area contributed by atoms with Crippen molar-refractivity contribution in [3.05, 3.63) is 29.3 Å². The van der Waals surface area contributed by atoms with E-state index in [2.05, 4.69) is 22.5 Å². The number of nitrogens with zero attached hydrogens (tertiary/aromatic N) is 1. The third kappa shape index (κ3) is 6.57. The Morgan fingerprint density at radius 3 is 2.96 bits per heavy atom. The van der Waals surface area contributed by atoms with Crippen molar-refractivity contribution < 1.29 is 9.53 Å². The molecule has 26 heavy (non-hydrogen) atoms. The molecule has 0 aliphatic carbocycles. The first-order chi connectivity index (χ1) is 12.5. The maximum absolute atomic E-state index is 11.9. The minimum absolute atomic E-state index is 0.315. The van der Waals surface area contributed by atoms with E-state index < -0.39 is 0 Å². The lowest BCUT2D eigenvalue weighted by atomic mass is 10.0. The molecule has 0 unspecified atom stereocenters. The van der Waals surface area contributed by atoms with Gasteiger partial charge in [-0.2, -0.15) is 0 Å².